The van der Waals surface area contributed by atoms with Crippen molar-refractivity contribution < 1.29 is 14.9 Å². The number of aliphatic hydroxyl groups excluding tert-OH is 1. The number of para-hydroxylation sites is 1. The van der Waals surface area contributed by atoms with E-state index in [1.54, 1.807) is 30.0 Å². The summed E-state index contributed by atoms with van der Waals surface area (Å²) in [5.74, 6) is 0.603. The van der Waals surface area contributed by atoms with Gasteiger partial charge in [0.15, 0.2) is 12.0 Å². The van der Waals surface area contributed by atoms with Crippen molar-refractivity contribution in [2.45, 2.75) is 25.5 Å². The number of nitrogens with one attached hydrogen (secondary N) is 1. The van der Waals surface area contributed by atoms with Crippen LogP contribution in [0.4, 0.5) is 0 Å². The number of halogens is 1. The van der Waals surface area contributed by atoms with Crippen molar-refractivity contribution in [3.8, 4) is 28.4 Å². The van der Waals surface area contributed by atoms with Crippen molar-refractivity contribution in [3.05, 3.63) is 59.2 Å². The van der Waals surface area contributed by atoms with Gasteiger partial charge in [0.1, 0.15) is 17.1 Å². The van der Waals surface area contributed by atoms with Crippen LogP contribution in [0.15, 0.2) is 48.5 Å². The van der Waals surface area contributed by atoms with Crippen molar-refractivity contribution in [1.82, 2.24) is 20.2 Å². The third-order valence-electron chi connectivity index (χ3n) is 5.25. The first-order chi connectivity index (χ1) is 14.6. The van der Waals surface area contributed by atoms with Crippen LogP contribution in [0, 0.1) is 0 Å². The Morgan fingerprint density at radius 3 is 2.43 bits per heavy atom. The molecule has 3 aromatic rings. The van der Waals surface area contributed by atoms with Gasteiger partial charge in [-0.1, -0.05) is 30.2 Å². The molecule has 158 valence electrons. The molecular weight excluding hydrogens is 404 g/mol. The highest BCUT2D eigenvalue weighted by molar-refractivity contribution is 6.32. The summed E-state index contributed by atoms with van der Waals surface area (Å²) in [5.41, 5.74) is 4.97. The molecule has 1 aromatic heterocycles. The standard InChI is InChI=1S/C22H25ClN4O3/c1-30-16-11-9-15(10-12-16)20-21(28)19(22(29)25-26-13-5-2-6-14-26)24-27(20)18-8-4-3-7-17(18)23/h3-4,7-12,22,25,28-29H,2,5-6,13-14H2,1H3. The molecule has 30 heavy (non-hydrogen) atoms. The Labute approximate surface area is 180 Å². The molecule has 1 aliphatic heterocycles. The third kappa shape index (κ3) is 4.15. The van der Waals surface area contributed by atoms with E-state index in [1.807, 2.05) is 35.3 Å². The van der Waals surface area contributed by atoms with E-state index in [-0.39, 0.29) is 11.4 Å². The van der Waals surface area contributed by atoms with Crippen molar-refractivity contribution in [1.29, 1.82) is 0 Å². The zero-order valence-electron chi connectivity index (χ0n) is 16.8. The first kappa shape index (κ1) is 20.7. The zero-order chi connectivity index (χ0) is 21.1. The van der Waals surface area contributed by atoms with Gasteiger partial charge in [0, 0.05) is 18.7 Å². The SMILES string of the molecule is COc1ccc(-c2c(O)c(C(O)NN3CCCCC3)nn2-c2ccccc2Cl)cc1. The van der Waals surface area contributed by atoms with Gasteiger partial charge in [-0.3, -0.25) is 0 Å². The highest BCUT2D eigenvalue weighted by Gasteiger charge is 2.27. The lowest BCUT2D eigenvalue weighted by Gasteiger charge is -2.29. The van der Waals surface area contributed by atoms with Crippen molar-refractivity contribution >= 4 is 11.6 Å². The molecule has 2 aromatic carbocycles. The normalized spacial score (nSPS) is 15.8. The molecule has 2 heterocycles. The summed E-state index contributed by atoms with van der Waals surface area (Å²) in [7, 11) is 1.60. The molecule has 8 heteroatoms. The number of nitrogens with zero attached hydrogens (tertiary/aromatic N) is 3. The van der Waals surface area contributed by atoms with Gasteiger partial charge in [0.05, 0.1) is 17.8 Å². The number of hydrogen-bond donors (Lipinski definition) is 3. The third-order valence-corrected chi connectivity index (χ3v) is 5.57. The molecular formula is C22H25ClN4O3. The number of methoxy groups -OCH3 is 1. The summed E-state index contributed by atoms with van der Waals surface area (Å²) in [6.07, 6.45) is 2.17. The van der Waals surface area contributed by atoms with E-state index in [0.29, 0.717) is 22.2 Å². The number of hydrazine groups is 1. The molecule has 1 atom stereocenters. The lowest BCUT2D eigenvalue weighted by atomic mass is 10.1. The smallest absolute Gasteiger partial charge is 0.169 e. The fourth-order valence-corrected chi connectivity index (χ4v) is 3.89. The van der Waals surface area contributed by atoms with Crippen LogP contribution < -0.4 is 10.2 Å². The molecule has 1 unspecified atom stereocenters. The monoisotopic (exact) mass is 428 g/mol. The van der Waals surface area contributed by atoms with E-state index in [1.165, 1.54) is 6.42 Å². The van der Waals surface area contributed by atoms with Gasteiger partial charge >= 0.3 is 0 Å². The second-order valence-corrected chi connectivity index (χ2v) is 7.66. The van der Waals surface area contributed by atoms with Gasteiger partial charge in [-0.15, -0.1) is 0 Å². The van der Waals surface area contributed by atoms with Gasteiger partial charge in [-0.05, 0) is 49.2 Å². The Balaban J connectivity index is 1.77. The van der Waals surface area contributed by atoms with E-state index in [9.17, 15) is 10.2 Å². The van der Waals surface area contributed by atoms with Crippen molar-refractivity contribution in [2.24, 2.45) is 0 Å². The van der Waals surface area contributed by atoms with E-state index >= 15 is 0 Å². The number of hydrogen-bond acceptors (Lipinski definition) is 6. The van der Waals surface area contributed by atoms with E-state index in [2.05, 4.69) is 10.5 Å². The first-order valence-corrected chi connectivity index (χ1v) is 10.4. The van der Waals surface area contributed by atoms with Crippen LogP contribution >= 0.6 is 11.6 Å². The van der Waals surface area contributed by atoms with Crippen molar-refractivity contribution in [3.63, 3.8) is 0 Å². The molecule has 4 rings (SSSR count). The largest absolute Gasteiger partial charge is 0.504 e. The number of piperidine rings is 1. The van der Waals surface area contributed by atoms with Gasteiger partial charge in [-0.2, -0.15) is 5.10 Å². The first-order valence-electron chi connectivity index (χ1n) is 9.99. The van der Waals surface area contributed by atoms with E-state index in [0.717, 1.165) is 31.5 Å². The molecule has 0 saturated carbocycles. The Hall–Kier alpha value is -2.58. The number of ether oxygens (including phenoxy) is 1. The Bertz CT molecular complexity index is 1000. The predicted molar refractivity (Wildman–Crippen MR) is 116 cm³/mol. The number of aromatic hydroxyl groups is 1. The topological polar surface area (TPSA) is 82.8 Å². The molecule has 3 N–H and O–H groups in total. The lowest BCUT2D eigenvalue weighted by Crippen LogP contribution is -2.43. The number of aliphatic hydroxyl groups is 1. The summed E-state index contributed by atoms with van der Waals surface area (Å²) in [5, 5.41) is 28.9. The molecule has 0 bridgehead atoms. The van der Waals surface area contributed by atoms with Gasteiger partial charge in [0.2, 0.25) is 0 Å². The summed E-state index contributed by atoms with van der Waals surface area (Å²) in [6, 6.07) is 14.5. The Kier molecular flexibility index (Phi) is 6.24. The molecule has 7 nitrogen and oxygen atoms in total. The van der Waals surface area contributed by atoms with Crippen LogP contribution in [0.2, 0.25) is 5.02 Å². The molecule has 1 aliphatic rings. The lowest BCUT2D eigenvalue weighted by molar-refractivity contribution is 0.0191. The maximum Gasteiger partial charge on any atom is 0.169 e. The molecule has 1 saturated heterocycles. The molecule has 1 fully saturated rings. The minimum absolute atomic E-state index is 0.0999. The van der Waals surface area contributed by atoms with Crippen LogP contribution in [0.1, 0.15) is 31.2 Å². The van der Waals surface area contributed by atoms with Gasteiger partial charge in [-0.25, -0.2) is 15.1 Å². The summed E-state index contributed by atoms with van der Waals surface area (Å²) in [6.45, 7) is 1.68. The van der Waals surface area contributed by atoms with Gasteiger partial charge < -0.3 is 14.9 Å². The van der Waals surface area contributed by atoms with Gasteiger partial charge in [0.25, 0.3) is 0 Å². The van der Waals surface area contributed by atoms with Crippen LogP contribution in [0.5, 0.6) is 11.5 Å². The second-order valence-electron chi connectivity index (χ2n) is 7.25. The number of rotatable bonds is 6. The maximum absolute atomic E-state index is 11.1. The van der Waals surface area contributed by atoms with E-state index < -0.39 is 6.23 Å². The molecule has 0 amide bonds. The van der Waals surface area contributed by atoms with Crippen LogP contribution in [0.3, 0.4) is 0 Å². The van der Waals surface area contributed by atoms with Crippen LogP contribution in [-0.2, 0) is 0 Å². The highest BCUT2D eigenvalue weighted by atomic mass is 35.5. The van der Waals surface area contributed by atoms with Crippen LogP contribution in [-0.4, -0.2) is 45.2 Å². The Morgan fingerprint density at radius 2 is 1.77 bits per heavy atom. The molecule has 0 aliphatic carbocycles. The molecule has 0 radical (unpaired) electrons. The van der Waals surface area contributed by atoms with Crippen LogP contribution in [0.25, 0.3) is 16.9 Å². The summed E-state index contributed by atoms with van der Waals surface area (Å²) in [4.78, 5) is 0. The predicted octanol–water partition coefficient (Wildman–Crippen LogP) is 3.89. The summed E-state index contributed by atoms with van der Waals surface area (Å²) < 4.78 is 6.80. The average Bonchev–Trinajstić information content (AvgIpc) is 3.12. The maximum atomic E-state index is 11.1. The quantitative estimate of drug-likeness (QED) is 0.517. The fraction of sp³-hybridized carbons (Fsp3) is 0.318. The second kappa shape index (κ2) is 9.06. The summed E-state index contributed by atoms with van der Waals surface area (Å²) >= 11 is 6.41. The van der Waals surface area contributed by atoms with Crippen molar-refractivity contribution in [2.75, 3.05) is 20.2 Å². The fourth-order valence-electron chi connectivity index (χ4n) is 3.67. The average molecular weight is 429 g/mol. The number of benzene rings is 2. The zero-order valence-corrected chi connectivity index (χ0v) is 17.5. The minimum atomic E-state index is -1.15. The Morgan fingerprint density at radius 1 is 1.07 bits per heavy atom. The molecule has 0 spiro atoms. The number of aromatic nitrogens is 2. The van der Waals surface area contributed by atoms with E-state index in [4.69, 9.17) is 16.3 Å². The highest BCUT2D eigenvalue weighted by Crippen LogP contribution is 2.38. The minimum Gasteiger partial charge on any atom is -0.504 e.